The van der Waals surface area contributed by atoms with Crippen molar-refractivity contribution in [3.05, 3.63) is 16.6 Å². The Morgan fingerprint density at radius 1 is 1.36 bits per heavy atom. The molecule has 0 radical (unpaired) electrons. The van der Waals surface area contributed by atoms with Gasteiger partial charge in [-0.3, -0.25) is 9.78 Å². The zero-order valence-corrected chi connectivity index (χ0v) is 14.6. The van der Waals surface area contributed by atoms with Gasteiger partial charge in [-0.1, -0.05) is 26.7 Å². The van der Waals surface area contributed by atoms with E-state index in [0.29, 0.717) is 5.91 Å². The summed E-state index contributed by atoms with van der Waals surface area (Å²) < 4.78 is 0. The van der Waals surface area contributed by atoms with Crippen LogP contribution in [0.4, 0.5) is 0 Å². The minimum atomic E-state index is -0.0744. The van der Waals surface area contributed by atoms with Crippen molar-refractivity contribution in [1.82, 2.24) is 14.8 Å². The van der Waals surface area contributed by atoms with Crippen molar-refractivity contribution in [3.63, 3.8) is 0 Å². The summed E-state index contributed by atoms with van der Waals surface area (Å²) in [6, 6.07) is 0. The fraction of sp³-hybridized carbons (Fsp3) is 0.765. The molecule has 1 aromatic heterocycles. The first kappa shape index (κ1) is 15.9. The average Bonchev–Trinajstić information content (AvgIpc) is 3.05. The van der Waals surface area contributed by atoms with Crippen LogP contribution in [0.2, 0.25) is 0 Å². The first-order valence-electron chi connectivity index (χ1n) is 8.56. The van der Waals surface area contributed by atoms with Gasteiger partial charge in [0.25, 0.3) is 0 Å². The van der Waals surface area contributed by atoms with Crippen molar-refractivity contribution in [3.8, 4) is 0 Å². The summed E-state index contributed by atoms with van der Waals surface area (Å²) in [6.45, 7) is 9.54. The Labute approximate surface area is 137 Å². The third-order valence-electron chi connectivity index (χ3n) is 5.39. The summed E-state index contributed by atoms with van der Waals surface area (Å²) in [5, 5.41) is 0. The number of amides is 1. The van der Waals surface area contributed by atoms with Gasteiger partial charge in [0.15, 0.2) is 0 Å². The third kappa shape index (κ3) is 3.06. The fourth-order valence-corrected chi connectivity index (χ4v) is 4.59. The second kappa shape index (κ2) is 6.67. The van der Waals surface area contributed by atoms with Crippen molar-refractivity contribution in [2.75, 3.05) is 26.2 Å². The molecule has 122 valence electrons. The maximum Gasteiger partial charge on any atom is 0.232 e. The van der Waals surface area contributed by atoms with E-state index in [4.69, 9.17) is 0 Å². The SMILES string of the molecule is CCC(CC)CN1CCC[C@@]2(C1)CN(Cc1cncs1)C2=O. The number of β-lactam (4-membered cyclic amide) rings is 1. The molecule has 3 rings (SSSR count). The number of hydrogen-bond acceptors (Lipinski definition) is 4. The molecule has 2 fully saturated rings. The Morgan fingerprint density at radius 3 is 2.82 bits per heavy atom. The van der Waals surface area contributed by atoms with Crippen molar-refractivity contribution < 1.29 is 4.79 Å². The fourth-order valence-electron chi connectivity index (χ4n) is 3.98. The van der Waals surface area contributed by atoms with E-state index in [9.17, 15) is 4.79 Å². The molecule has 0 aromatic carbocycles. The Morgan fingerprint density at radius 2 is 2.18 bits per heavy atom. The Kier molecular flexibility index (Phi) is 4.83. The smallest absolute Gasteiger partial charge is 0.232 e. The van der Waals surface area contributed by atoms with Crippen LogP contribution in [0.1, 0.15) is 44.4 Å². The topological polar surface area (TPSA) is 36.4 Å². The third-order valence-corrected chi connectivity index (χ3v) is 6.16. The number of carbonyl (C=O) groups excluding carboxylic acids is 1. The molecule has 22 heavy (non-hydrogen) atoms. The van der Waals surface area contributed by atoms with Gasteiger partial charge in [-0.2, -0.15) is 0 Å². The van der Waals surface area contributed by atoms with Gasteiger partial charge in [0.1, 0.15) is 0 Å². The number of rotatable bonds is 6. The molecule has 2 aliphatic rings. The van der Waals surface area contributed by atoms with E-state index in [-0.39, 0.29) is 5.41 Å². The standard InChI is InChI=1S/C17H27N3OS/c1-3-14(4-2)9-19-7-5-6-17(11-19)12-20(16(17)21)10-15-8-18-13-22-15/h8,13-14H,3-7,9-12H2,1-2H3/t17-/m1/s1. The van der Waals surface area contributed by atoms with E-state index < -0.39 is 0 Å². The van der Waals surface area contributed by atoms with Gasteiger partial charge in [0, 0.05) is 30.7 Å². The second-order valence-corrected chi connectivity index (χ2v) is 7.90. The Balaban J connectivity index is 1.57. The average molecular weight is 321 g/mol. The maximum atomic E-state index is 12.7. The minimum absolute atomic E-state index is 0.0744. The van der Waals surface area contributed by atoms with Crippen molar-refractivity contribution in [2.24, 2.45) is 11.3 Å². The van der Waals surface area contributed by atoms with Crippen LogP contribution in [0.15, 0.2) is 11.7 Å². The van der Waals surface area contributed by atoms with E-state index in [1.165, 1.54) is 30.7 Å². The molecule has 4 nitrogen and oxygen atoms in total. The number of piperidine rings is 1. The number of hydrogen-bond donors (Lipinski definition) is 0. The number of nitrogens with zero attached hydrogens (tertiary/aromatic N) is 3. The van der Waals surface area contributed by atoms with E-state index in [0.717, 1.165) is 38.5 Å². The van der Waals surface area contributed by atoms with Crippen molar-refractivity contribution in [2.45, 2.75) is 46.1 Å². The largest absolute Gasteiger partial charge is 0.336 e. The summed E-state index contributed by atoms with van der Waals surface area (Å²) in [5.74, 6) is 1.15. The van der Waals surface area contributed by atoms with E-state index in [2.05, 4.69) is 23.7 Å². The van der Waals surface area contributed by atoms with Gasteiger partial charge >= 0.3 is 0 Å². The number of likely N-dealkylation sites (tertiary alicyclic amines) is 2. The van der Waals surface area contributed by atoms with Crippen LogP contribution in [0.3, 0.4) is 0 Å². The number of carbonyl (C=O) groups is 1. The van der Waals surface area contributed by atoms with Gasteiger partial charge < -0.3 is 9.80 Å². The summed E-state index contributed by atoms with van der Waals surface area (Å²) in [4.78, 5) is 22.6. The summed E-state index contributed by atoms with van der Waals surface area (Å²) in [6.07, 6.45) is 6.60. The second-order valence-electron chi connectivity index (χ2n) is 6.93. The predicted molar refractivity (Wildman–Crippen MR) is 89.7 cm³/mol. The molecule has 0 unspecified atom stereocenters. The molecular weight excluding hydrogens is 294 g/mol. The molecule has 1 aromatic rings. The lowest BCUT2D eigenvalue weighted by molar-refractivity contribution is -0.167. The van der Waals surface area contributed by atoms with E-state index in [1.54, 1.807) is 11.3 Å². The van der Waals surface area contributed by atoms with Crippen LogP contribution >= 0.6 is 11.3 Å². The highest BCUT2D eigenvalue weighted by Crippen LogP contribution is 2.41. The molecule has 3 heterocycles. The molecule has 1 atom stereocenters. The highest BCUT2D eigenvalue weighted by atomic mass is 32.1. The number of aromatic nitrogens is 1. The zero-order valence-electron chi connectivity index (χ0n) is 13.8. The van der Waals surface area contributed by atoms with E-state index >= 15 is 0 Å². The Bertz CT molecular complexity index is 500. The predicted octanol–water partition coefficient (Wildman–Crippen LogP) is 3.00. The van der Waals surface area contributed by atoms with E-state index in [1.807, 2.05) is 16.6 Å². The highest BCUT2D eigenvalue weighted by molar-refractivity contribution is 7.09. The van der Waals surface area contributed by atoms with Gasteiger partial charge in [-0.05, 0) is 25.3 Å². The van der Waals surface area contributed by atoms with Crippen LogP contribution in [-0.4, -0.2) is 46.9 Å². The lowest BCUT2D eigenvalue weighted by Crippen LogP contribution is -2.66. The molecule has 0 aliphatic carbocycles. The monoisotopic (exact) mass is 321 g/mol. The molecule has 5 heteroatoms. The van der Waals surface area contributed by atoms with Crippen LogP contribution in [0.25, 0.3) is 0 Å². The van der Waals surface area contributed by atoms with Crippen LogP contribution < -0.4 is 0 Å². The Hall–Kier alpha value is -0.940. The quantitative estimate of drug-likeness (QED) is 0.756. The van der Waals surface area contributed by atoms with Gasteiger partial charge in [-0.15, -0.1) is 11.3 Å². The van der Waals surface area contributed by atoms with Gasteiger partial charge in [-0.25, -0.2) is 0 Å². The molecule has 1 amide bonds. The normalized spacial score (nSPS) is 26.0. The summed E-state index contributed by atoms with van der Waals surface area (Å²) in [5.41, 5.74) is 1.77. The van der Waals surface area contributed by atoms with Crippen LogP contribution in [-0.2, 0) is 11.3 Å². The molecule has 0 saturated carbocycles. The van der Waals surface area contributed by atoms with Crippen LogP contribution in [0.5, 0.6) is 0 Å². The molecule has 0 bridgehead atoms. The maximum absolute atomic E-state index is 12.7. The molecule has 1 spiro atoms. The molecular formula is C17H27N3OS. The molecule has 2 aliphatic heterocycles. The van der Waals surface area contributed by atoms with Gasteiger partial charge in [0.05, 0.1) is 17.5 Å². The lowest BCUT2D eigenvalue weighted by atomic mass is 9.72. The van der Waals surface area contributed by atoms with Gasteiger partial charge in [0.2, 0.25) is 5.91 Å². The van der Waals surface area contributed by atoms with Crippen LogP contribution in [0, 0.1) is 11.3 Å². The van der Waals surface area contributed by atoms with Crippen molar-refractivity contribution in [1.29, 1.82) is 0 Å². The molecule has 0 N–H and O–H groups in total. The first-order chi connectivity index (χ1) is 10.7. The summed E-state index contributed by atoms with van der Waals surface area (Å²) >= 11 is 1.64. The lowest BCUT2D eigenvalue weighted by Gasteiger charge is -2.53. The number of thiazole rings is 1. The zero-order chi connectivity index (χ0) is 15.6. The first-order valence-corrected chi connectivity index (χ1v) is 9.44. The van der Waals surface area contributed by atoms with Crippen molar-refractivity contribution >= 4 is 17.2 Å². The molecule has 2 saturated heterocycles. The summed E-state index contributed by atoms with van der Waals surface area (Å²) in [7, 11) is 0. The minimum Gasteiger partial charge on any atom is -0.336 e. The highest BCUT2D eigenvalue weighted by Gasteiger charge is 2.53.